The zero-order chi connectivity index (χ0) is 19.1. The number of carboxylic acid groups (broad SMARTS) is 1. The van der Waals surface area contributed by atoms with Gasteiger partial charge in [-0.15, -0.1) is 0 Å². The fourth-order valence-corrected chi connectivity index (χ4v) is 2.50. The van der Waals surface area contributed by atoms with Crippen molar-refractivity contribution in [3.05, 3.63) is 47.5 Å². The first-order chi connectivity index (χ1) is 12.5. The van der Waals surface area contributed by atoms with E-state index in [4.69, 9.17) is 18.9 Å². The molecule has 138 valence electrons. The van der Waals surface area contributed by atoms with Gasteiger partial charge in [-0.05, 0) is 48.4 Å². The Morgan fingerprint density at radius 1 is 1.00 bits per heavy atom. The van der Waals surface area contributed by atoms with E-state index < -0.39 is 5.97 Å². The lowest BCUT2D eigenvalue weighted by Gasteiger charge is -2.14. The highest BCUT2D eigenvalue weighted by molar-refractivity contribution is 6.20. The molecule has 0 saturated carbocycles. The summed E-state index contributed by atoms with van der Waals surface area (Å²) >= 11 is 0. The van der Waals surface area contributed by atoms with Crippen LogP contribution in [0.15, 0.2) is 36.4 Å². The van der Waals surface area contributed by atoms with Gasteiger partial charge in [0.15, 0.2) is 11.5 Å². The molecule has 0 fully saturated rings. The summed E-state index contributed by atoms with van der Waals surface area (Å²) in [6, 6.07) is 10.4. The van der Waals surface area contributed by atoms with Gasteiger partial charge in [0.25, 0.3) is 0 Å². The molecule has 6 heteroatoms. The lowest BCUT2D eigenvalue weighted by molar-refractivity contribution is -0.130. The molecule has 1 N–H and O–H groups in total. The summed E-state index contributed by atoms with van der Waals surface area (Å²) in [5, 5.41) is 9.67. The quantitative estimate of drug-likeness (QED) is 0.572. The van der Waals surface area contributed by atoms with Gasteiger partial charge in [-0.3, -0.25) is 0 Å². The average molecular weight is 358 g/mol. The summed E-state index contributed by atoms with van der Waals surface area (Å²) in [5.41, 5.74) is 1.29. The molecule has 0 atom stereocenters. The molecule has 26 heavy (non-hydrogen) atoms. The zero-order valence-corrected chi connectivity index (χ0v) is 15.2. The van der Waals surface area contributed by atoms with Crippen LogP contribution >= 0.6 is 0 Å². The Bertz CT molecular complexity index is 767. The lowest BCUT2D eigenvalue weighted by atomic mass is 10.0. The normalized spacial score (nSPS) is 11.0. The van der Waals surface area contributed by atoms with Crippen molar-refractivity contribution in [2.45, 2.75) is 6.92 Å². The van der Waals surface area contributed by atoms with Gasteiger partial charge >= 0.3 is 5.97 Å². The van der Waals surface area contributed by atoms with E-state index in [9.17, 15) is 9.90 Å². The van der Waals surface area contributed by atoms with Crippen LogP contribution in [-0.2, 0) is 4.79 Å². The summed E-state index contributed by atoms with van der Waals surface area (Å²) in [4.78, 5) is 11.8. The van der Waals surface area contributed by atoms with E-state index in [1.165, 1.54) is 21.3 Å². The Balaban J connectivity index is 2.51. The number of rotatable bonds is 8. The minimum absolute atomic E-state index is 0.105. The molecule has 2 aromatic carbocycles. The number of carbonyl (C=O) groups is 1. The van der Waals surface area contributed by atoms with Gasteiger partial charge in [-0.1, -0.05) is 12.1 Å². The number of hydrogen-bond acceptors (Lipinski definition) is 5. The Hall–Kier alpha value is -3.15. The van der Waals surface area contributed by atoms with Crippen molar-refractivity contribution < 1.29 is 28.8 Å². The van der Waals surface area contributed by atoms with Crippen molar-refractivity contribution in [1.82, 2.24) is 0 Å². The summed E-state index contributed by atoms with van der Waals surface area (Å²) in [6.45, 7) is 2.47. The molecular formula is C20H22O6. The molecule has 0 unspecified atom stereocenters. The first-order valence-corrected chi connectivity index (χ1v) is 8.02. The largest absolute Gasteiger partial charge is 0.494 e. The van der Waals surface area contributed by atoms with Crippen LogP contribution in [-0.4, -0.2) is 39.0 Å². The Morgan fingerprint density at radius 2 is 1.58 bits per heavy atom. The van der Waals surface area contributed by atoms with Gasteiger partial charge in [0.05, 0.1) is 33.5 Å². The minimum Gasteiger partial charge on any atom is -0.494 e. The van der Waals surface area contributed by atoms with Crippen LogP contribution in [0.5, 0.6) is 23.0 Å². The van der Waals surface area contributed by atoms with Gasteiger partial charge in [0, 0.05) is 0 Å². The third-order valence-corrected chi connectivity index (χ3v) is 3.71. The Labute approximate surface area is 152 Å². The second kappa shape index (κ2) is 8.80. The van der Waals surface area contributed by atoms with E-state index >= 15 is 0 Å². The molecule has 0 aromatic heterocycles. The topological polar surface area (TPSA) is 74.2 Å². The molecule has 0 amide bonds. The molecule has 0 aliphatic rings. The van der Waals surface area contributed by atoms with E-state index in [1.807, 2.05) is 6.92 Å². The molecule has 0 aliphatic heterocycles. The van der Waals surface area contributed by atoms with Crippen LogP contribution in [0.2, 0.25) is 0 Å². The maximum absolute atomic E-state index is 11.8. The highest BCUT2D eigenvalue weighted by Gasteiger charge is 2.18. The average Bonchev–Trinajstić information content (AvgIpc) is 2.66. The number of benzene rings is 2. The Kier molecular flexibility index (Phi) is 6.49. The van der Waals surface area contributed by atoms with Crippen LogP contribution in [0.3, 0.4) is 0 Å². The Morgan fingerprint density at radius 3 is 2.00 bits per heavy atom. The number of ether oxygens (including phenoxy) is 4. The fraction of sp³-hybridized carbons (Fsp3) is 0.250. The fourth-order valence-electron chi connectivity index (χ4n) is 2.50. The van der Waals surface area contributed by atoms with Crippen LogP contribution < -0.4 is 18.9 Å². The number of aliphatic carboxylic acids is 1. The maximum atomic E-state index is 11.8. The van der Waals surface area contributed by atoms with Crippen LogP contribution in [0.4, 0.5) is 0 Å². The molecule has 0 aliphatic carbocycles. The summed E-state index contributed by atoms with van der Waals surface area (Å²) in [7, 11) is 4.46. The third kappa shape index (κ3) is 4.27. The SMILES string of the molecule is CCOc1ccc(C=C(C(=O)O)c2cc(OC)c(OC)c(OC)c2)cc1. The predicted octanol–water partition coefficient (Wildman–Crippen LogP) is 3.74. The van der Waals surface area contributed by atoms with Crippen molar-refractivity contribution in [2.24, 2.45) is 0 Å². The van der Waals surface area contributed by atoms with E-state index in [-0.39, 0.29) is 5.57 Å². The summed E-state index contributed by atoms with van der Waals surface area (Å²) in [5.74, 6) is 0.855. The molecule has 0 saturated heterocycles. The number of carboxylic acids is 1. The smallest absolute Gasteiger partial charge is 0.336 e. The monoisotopic (exact) mass is 358 g/mol. The molecule has 6 nitrogen and oxygen atoms in total. The van der Waals surface area contributed by atoms with E-state index in [0.717, 1.165) is 11.3 Å². The maximum Gasteiger partial charge on any atom is 0.336 e. The molecular weight excluding hydrogens is 336 g/mol. The molecule has 0 spiro atoms. The summed E-state index contributed by atoms with van der Waals surface area (Å²) < 4.78 is 21.3. The van der Waals surface area contributed by atoms with Gasteiger partial charge in [0.1, 0.15) is 5.75 Å². The van der Waals surface area contributed by atoms with Crippen LogP contribution in [0.25, 0.3) is 11.6 Å². The van der Waals surface area contributed by atoms with Crippen LogP contribution in [0.1, 0.15) is 18.1 Å². The summed E-state index contributed by atoms with van der Waals surface area (Å²) in [6.07, 6.45) is 1.58. The van der Waals surface area contributed by atoms with Crippen molar-refractivity contribution in [3.8, 4) is 23.0 Å². The second-order valence-corrected chi connectivity index (χ2v) is 5.28. The highest BCUT2D eigenvalue weighted by atomic mass is 16.5. The number of hydrogen-bond donors (Lipinski definition) is 1. The number of methoxy groups -OCH3 is 3. The first kappa shape index (κ1) is 19.2. The van der Waals surface area contributed by atoms with Gasteiger partial charge < -0.3 is 24.1 Å². The standard InChI is InChI=1S/C20H22O6/c1-5-26-15-8-6-13(7-9-15)10-16(20(21)22)14-11-17(23-2)19(25-4)18(12-14)24-3/h6-12H,5H2,1-4H3,(H,21,22). The molecule has 0 heterocycles. The third-order valence-electron chi connectivity index (χ3n) is 3.71. The minimum atomic E-state index is -1.06. The molecule has 2 rings (SSSR count). The highest BCUT2D eigenvalue weighted by Crippen LogP contribution is 2.40. The van der Waals surface area contributed by atoms with E-state index in [0.29, 0.717) is 29.4 Å². The second-order valence-electron chi connectivity index (χ2n) is 5.28. The van der Waals surface area contributed by atoms with Crippen molar-refractivity contribution in [1.29, 1.82) is 0 Å². The van der Waals surface area contributed by atoms with Crippen molar-refractivity contribution in [2.75, 3.05) is 27.9 Å². The zero-order valence-electron chi connectivity index (χ0n) is 15.2. The lowest BCUT2D eigenvalue weighted by Crippen LogP contribution is -2.02. The molecule has 0 radical (unpaired) electrons. The van der Waals surface area contributed by atoms with E-state index in [2.05, 4.69) is 0 Å². The van der Waals surface area contributed by atoms with Crippen LogP contribution in [0, 0.1) is 0 Å². The van der Waals surface area contributed by atoms with Crippen molar-refractivity contribution >= 4 is 17.6 Å². The van der Waals surface area contributed by atoms with Crippen molar-refractivity contribution in [3.63, 3.8) is 0 Å². The molecule has 2 aromatic rings. The van der Waals surface area contributed by atoms with Gasteiger partial charge in [-0.2, -0.15) is 0 Å². The van der Waals surface area contributed by atoms with Gasteiger partial charge in [-0.25, -0.2) is 4.79 Å². The first-order valence-electron chi connectivity index (χ1n) is 8.02. The molecule has 0 bridgehead atoms. The van der Waals surface area contributed by atoms with Gasteiger partial charge in [0.2, 0.25) is 5.75 Å². The van der Waals surface area contributed by atoms with E-state index in [1.54, 1.807) is 42.5 Å². The predicted molar refractivity (Wildman–Crippen MR) is 99.2 cm³/mol.